The fourth-order valence-electron chi connectivity index (χ4n) is 3.27. The van der Waals surface area contributed by atoms with E-state index in [1.165, 1.54) is 0 Å². The number of amides is 2. The normalized spacial score (nSPS) is 21.9. The summed E-state index contributed by atoms with van der Waals surface area (Å²) in [5, 5.41) is 0. The first kappa shape index (κ1) is 16.7. The first-order valence-corrected chi connectivity index (χ1v) is 8.66. The van der Waals surface area contributed by atoms with Crippen LogP contribution in [0, 0.1) is 0 Å². The van der Waals surface area contributed by atoms with E-state index in [4.69, 9.17) is 4.74 Å². The first-order valence-electron chi connectivity index (χ1n) is 8.66. The zero-order chi connectivity index (χ0) is 16.8. The highest BCUT2D eigenvalue weighted by molar-refractivity contribution is 5.95. The Kier molecular flexibility index (Phi) is 5.64. The van der Waals surface area contributed by atoms with Crippen LogP contribution in [0.2, 0.25) is 0 Å². The predicted molar refractivity (Wildman–Crippen MR) is 92.2 cm³/mol. The molecule has 0 N–H and O–H groups in total. The van der Waals surface area contributed by atoms with Crippen LogP contribution in [0.3, 0.4) is 0 Å². The predicted octanol–water partition coefficient (Wildman–Crippen LogP) is 1.94. The molecule has 0 aliphatic carbocycles. The average molecular weight is 328 g/mol. The second kappa shape index (κ2) is 8.11. The molecule has 5 heteroatoms. The monoisotopic (exact) mass is 328 g/mol. The molecule has 0 spiro atoms. The van der Waals surface area contributed by atoms with Crippen LogP contribution in [0.4, 0.5) is 0 Å². The maximum absolute atomic E-state index is 12.8. The molecule has 1 atom stereocenters. The van der Waals surface area contributed by atoms with Crippen LogP contribution >= 0.6 is 0 Å². The Labute approximate surface area is 142 Å². The molecule has 1 aromatic carbocycles. The quantitative estimate of drug-likeness (QED) is 0.797. The van der Waals surface area contributed by atoms with Gasteiger partial charge in [0.1, 0.15) is 6.04 Å². The van der Waals surface area contributed by atoms with Crippen LogP contribution in [0.15, 0.2) is 36.4 Å². The topological polar surface area (TPSA) is 49.9 Å². The highest BCUT2D eigenvalue weighted by atomic mass is 16.5. The minimum absolute atomic E-state index is 0.0689. The van der Waals surface area contributed by atoms with Crippen molar-refractivity contribution >= 4 is 17.9 Å². The molecule has 1 unspecified atom stereocenters. The Morgan fingerprint density at radius 1 is 1.04 bits per heavy atom. The third kappa shape index (κ3) is 4.03. The van der Waals surface area contributed by atoms with Crippen molar-refractivity contribution in [3.05, 3.63) is 42.0 Å². The Balaban J connectivity index is 1.68. The summed E-state index contributed by atoms with van der Waals surface area (Å²) in [5.41, 5.74) is 0.985. The molecule has 3 rings (SSSR count). The maximum atomic E-state index is 12.8. The van der Waals surface area contributed by atoms with E-state index < -0.39 is 0 Å². The van der Waals surface area contributed by atoms with Crippen molar-refractivity contribution in [1.29, 1.82) is 0 Å². The second-order valence-electron chi connectivity index (χ2n) is 6.22. The van der Waals surface area contributed by atoms with Crippen molar-refractivity contribution in [2.45, 2.75) is 25.3 Å². The molecule has 2 aliphatic heterocycles. The Bertz CT molecular complexity index is 594. The van der Waals surface area contributed by atoms with Crippen LogP contribution in [-0.2, 0) is 14.3 Å². The van der Waals surface area contributed by atoms with Gasteiger partial charge in [-0.3, -0.25) is 9.59 Å². The fourth-order valence-corrected chi connectivity index (χ4v) is 3.27. The Hall–Kier alpha value is -2.14. The van der Waals surface area contributed by atoms with Gasteiger partial charge in [0.2, 0.25) is 11.8 Å². The van der Waals surface area contributed by atoms with Crippen molar-refractivity contribution < 1.29 is 14.3 Å². The molecule has 24 heavy (non-hydrogen) atoms. The average Bonchev–Trinajstić information content (AvgIpc) is 2.67. The largest absolute Gasteiger partial charge is 0.378 e. The number of hydrogen-bond donors (Lipinski definition) is 0. The third-order valence-corrected chi connectivity index (χ3v) is 4.61. The van der Waals surface area contributed by atoms with Crippen LogP contribution in [0.25, 0.3) is 6.08 Å². The van der Waals surface area contributed by atoms with Gasteiger partial charge in [0.05, 0.1) is 13.2 Å². The van der Waals surface area contributed by atoms with Gasteiger partial charge in [-0.1, -0.05) is 30.3 Å². The number of piperidine rings is 1. The molecule has 2 fully saturated rings. The Morgan fingerprint density at radius 2 is 1.79 bits per heavy atom. The summed E-state index contributed by atoms with van der Waals surface area (Å²) >= 11 is 0. The number of likely N-dealkylation sites (tertiary alicyclic amines) is 1. The lowest BCUT2D eigenvalue weighted by atomic mass is 10.00. The number of nitrogens with zero attached hydrogens (tertiary/aromatic N) is 2. The summed E-state index contributed by atoms with van der Waals surface area (Å²) in [5.74, 6) is -0.00961. The van der Waals surface area contributed by atoms with E-state index in [1.54, 1.807) is 11.0 Å². The van der Waals surface area contributed by atoms with E-state index in [1.807, 2.05) is 41.3 Å². The lowest BCUT2D eigenvalue weighted by Gasteiger charge is -2.38. The molecule has 0 saturated carbocycles. The third-order valence-electron chi connectivity index (χ3n) is 4.61. The lowest BCUT2D eigenvalue weighted by molar-refractivity contribution is -0.148. The minimum Gasteiger partial charge on any atom is -0.378 e. The molecule has 1 aromatic rings. The SMILES string of the molecule is O=C(C1CCCCN1C(=O)/C=C/c1ccccc1)N1CCOCC1. The molecule has 2 amide bonds. The molecule has 2 saturated heterocycles. The number of hydrogen-bond acceptors (Lipinski definition) is 3. The van der Waals surface area contributed by atoms with Gasteiger partial charge in [-0.2, -0.15) is 0 Å². The van der Waals surface area contributed by atoms with Gasteiger partial charge >= 0.3 is 0 Å². The van der Waals surface area contributed by atoms with E-state index >= 15 is 0 Å². The smallest absolute Gasteiger partial charge is 0.247 e. The number of morpholine rings is 1. The lowest BCUT2D eigenvalue weighted by Crippen LogP contribution is -2.54. The number of ether oxygens (including phenoxy) is 1. The van der Waals surface area contributed by atoms with Gasteiger partial charge in [0, 0.05) is 25.7 Å². The van der Waals surface area contributed by atoms with Gasteiger partial charge in [-0.05, 0) is 30.9 Å². The van der Waals surface area contributed by atoms with Gasteiger partial charge in [-0.25, -0.2) is 0 Å². The second-order valence-corrected chi connectivity index (χ2v) is 6.22. The van der Waals surface area contributed by atoms with Gasteiger partial charge in [-0.15, -0.1) is 0 Å². The summed E-state index contributed by atoms with van der Waals surface area (Å²) in [4.78, 5) is 29.0. The van der Waals surface area contributed by atoms with E-state index in [0.29, 0.717) is 32.8 Å². The number of benzene rings is 1. The number of carbonyl (C=O) groups excluding carboxylic acids is 2. The zero-order valence-electron chi connectivity index (χ0n) is 13.9. The van der Waals surface area contributed by atoms with Crippen LogP contribution in [0.5, 0.6) is 0 Å². The van der Waals surface area contributed by atoms with Crippen molar-refractivity contribution in [1.82, 2.24) is 9.80 Å². The van der Waals surface area contributed by atoms with Crippen molar-refractivity contribution in [2.24, 2.45) is 0 Å². The van der Waals surface area contributed by atoms with E-state index in [2.05, 4.69) is 0 Å². The van der Waals surface area contributed by atoms with Gasteiger partial charge in [0.15, 0.2) is 0 Å². The van der Waals surface area contributed by atoms with E-state index in [0.717, 1.165) is 24.8 Å². The van der Waals surface area contributed by atoms with Gasteiger partial charge in [0.25, 0.3) is 0 Å². The Morgan fingerprint density at radius 3 is 2.54 bits per heavy atom. The van der Waals surface area contributed by atoms with Crippen LogP contribution in [0.1, 0.15) is 24.8 Å². The first-order chi connectivity index (χ1) is 11.8. The molecule has 2 heterocycles. The summed E-state index contributed by atoms with van der Waals surface area (Å²) in [6, 6.07) is 9.41. The maximum Gasteiger partial charge on any atom is 0.247 e. The van der Waals surface area contributed by atoms with Gasteiger partial charge < -0.3 is 14.5 Å². The molecule has 2 aliphatic rings. The van der Waals surface area contributed by atoms with E-state index in [-0.39, 0.29) is 17.9 Å². The van der Waals surface area contributed by atoms with Crippen LogP contribution in [-0.4, -0.2) is 60.5 Å². The molecular weight excluding hydrogens is 304 g/mol. The van der Waals surface area contributed by atoms with Crippen molar-refractivity contribution in [3.63, 3.8) is 0 Å². The van der Waals surface area contributed by atoms with Crippen molar-refractivity contribution in [2.75, 3.05) is 32.8 Å². The minimum atomic E-state index is -0.329. The molecule has 0 aromatic heterocycles. The van der Waals surface area contributed by atoms with Crippen molar-refractivity contribution in [3.8, 4) is 0 Å². The molecule has 5 nitrogen and oxygen atoms in total. The summed E-state index contributed by atoms with van der Waals surface area (Å²) in [6.45, 7) is 3.06. The number of carbonyl (C=O) groups is 2. The highest BCUT2D eigenvalue weighted by Crippen LogP contribution is 2.20. The van der Waals surface area contributed by atoms with E-state index in [9.17, 15) is 9.59 Å². The molecular formula is C19H24N2O3. The molecule has 128 valence electrons. The molecule has 0 bridgehead atoms. The standard InChI is InChI=1S/C19H24N2O3/c22-18(10-9-16-6-2-1-3-7-16)21-11-5-4-8-17(21)19(23)20-12-14-24-15-13-20/h1-3,6-7,9-10,17H,4-5,8,11-15H2/b10-9+. The zero-order valence-corrected chi connectivity index (χ0v) is 13.9. The summed E-state index contributed by atoms with van der Waals surface area (Å²) in [7, 11) is 0. The summed E-state index contributed by atoms with van der Waals surface area (Å²) in [6.07, 6.45) is 6.10. The van der Waals surface area contributed by atoms with Crippen LogP contribution < -0.4 is 0 Å². The fraction of sp³-hybridized carbons (Fsp3) is 0.474. The highest BCUT2D eigenvalue weighted by Gasteiger charge is 2.34. The molecule has 0 radical (unpaired) electrons. The summed E-state index contributed by atoms with van der Waals surface area (Å²) < 4.78 is 5.31. The number of rotatable bonds is 3.